The Kier molecular flexibility index (Phi) is 3.36. The molecular weight excluding hydrogens is 268 g/mol. The van der Waals surface area contributed by atoms with Crippen molar-refractivity contribution in [1.82, 2.24) is 4.90 Å². The van der Waals surface area contributed by atoms with Crippen molar-refractivity contribution in [2.75, 3.05) is 10.9 Å². The molecule has 0 aromatic carbocycles. The number of hydrogen-bond acceptors (Lipinski definition) is 1. The molecule has 0 aromatic heterocycles. The summed E-state index contributed by atoms with van der Waals surface area (Å²) in [5.41, 5.74) is 2.97. The Morgan fingerprint density at radius 2 is 1.55 bits per heavy atom. The van der Waals surface area contributed by atoms with Gasteiger partial charge >= 0.3 is 80.2 Å². The first kappa shape index (κ1) is 8.59. The van der Waals surface area contributed by atoms with Gasteiger partial charge < -0.3 is 0 Å². The van der Waals surface area contributed by atoms with Gasteiger partial charge in [0.2, 0.25) is 0 Å². The summed E-state index contributed by atoms with van der Waals surface area (Å²) in [7, 11) is 0. The average molecular weight is 283 g/mol. The molecule has 1 nitrogen and oxygen atoms in total. The molecule has 0 aromatic rings. The molecular formula is C8H15NSe2. The van der Waals surface area contributed by atoms with E-state index in [1.54, 1.807) is 0 Å². The van der Waals surface area contributed by atoms with Crippen molar-refractivity contribution in [2.45, 2.75) is 38.1 Å². The molecule has 3 heteroatoms. The SMILES string of the molecule is C1CCC(N2C[Se][Se]C2)CC1. The Morgan fingerprint density at radius 3 is 2.18 bits per heavy atom. The van der Waals surface area contributed by atoms with Crippen LogP contribution in [-0.2, 0) is 0 Å². The maximum atomic E-state index is 2.78. The van der Waals surface area contributed by atoms with Crippen LogP contribution in [0, 0.1) is 0 Å². The van der Waals surface area contributed by atoms with E-state index in [2.05, 4.69) is 4.90 Å². The van der Waals surface area contributed by atoms with Crippen LogP contribution in [0.1, 0.15) is 32.1 Å². The monoisotopic (exact) mass is 285 g/mol. The van der Waals surface area contributed by atoms with Crippen molar-refractivity contribution in [2.24, 2.45) is 0 Å². The van der Waals surface area contributed by atoms with Gasteiger partial charge in [0.1, 0.15) is 0 Å². The Balaban J connectivity index is 1.82. The van der Waals surface area contributed by atoms with Crippen LogP contribution in [0.2, 0.25) is 0 Å². The van der Waals surface area contributed by atoms with Crippen LogP contribution in [0.4, 0.5) is 0 Å². The number of rotatable bonds is 1. The van der Waals surface area contributed by atoms with E-state index in [-0.39, 0.29) is 0 Å². The zero-order valence-corrected chi connectivity index (χ0v) is 10.2. The molecule has 1 aliphatic heterocycles. The first-order chi connectivity index (χ1) is 5.47. The molecule has 0 N–H and O–H groups in total. The zero-order valence-electron chi connectivity index (χ0n) is 6.79. The third kappa shape index (κ3) is 2.23. The minimum absolute atomic E-state index is 1.01. The quantitative estimate of drug-likeness (QED) is 0.646. The van der Waals surface area contributed by atoms with Gasteiger partial charge in [-0.2, -0.15) is 0 Å². The van der Waals surface area contributed by atoms with Crippen molar-refractivity contribution in [3.05, 3.63) is 0 Å². The summed E-state index contributed by atoms with van der Waals surface area (Å²) in [6.07, 6.45) is 7.52. The molecule has 0 atom stereocenters. The van der Waals surface area contributed by atoms with Crippen LogP contribution < -0.4 is 0 Å². The van der Waals surface area contributed by atoms with Gasteiger partial charge in [0.25, 0.3) is 0 Å². The molecule has 2 rings (SSSR count). The van der Waals surface area contributed by atoms with E-state index in [0.717, 1.165) is 32.3 Å². The van der Waals surface area contributed by atoms with Crippen molar-refractivity contribution in [3.8, 4) is 0 Å². The van der Waals surface area contributed by atoms with E-state index in [1.165, 1.54) is 43.0 Å². The van der Waals surface area contributed by atoms with Gasteiger partial charge in [-0.05, 0) is 0 Å². The normalized spacial score (nSPS) is 29.5. The van der Waals surface area contributed by atoms with Crippen LogP contribution in [0.3, 0.4) is 0 Å². The number of hydrogen-bond donors (Lipinski definition) is 0. The molecule has 0 spiro atoms. The van der Waals surface area contributed by atoms with E-state index in [4.69, 9.17) is 0 Å². The van der Waals surface area contributed by atoms with Crippen LogP contribution in [-0.4, -0.2) is 48.1 Å². The van der Waals surface area contributed by atoms with Crippen molar-refractivity contribution in [3.63, 3.8) is 0 Å². The summed E-state index contributed by atoms with van der Waals surface area (Å²) in [5.74, 6) is 0. The minimum atomic E-state index is 1.01. The summed E-state index contributed by atoms with van der Waals surface area (Å²) in [6, 6.07) is 1.01. The fraction of sp³-hybridized carbons (Fsp3) is 1.00. The van der Waals surface area contributed by atoms with Gasteiger partial charge in [-0.15, -0.1) is 0 Å². The molecule has 1 saturated carbocycles. The van der Waals surface area contributed by atoms with Gasteiger partial charge in [-0.3, -0.25) is 0 Å². The van der Waals surface area contributed by atoms with Gasteiger partial charge in [0.15, 0.2) is 0 Å². The van der Waals surface area contributed by atoms with E-state index in [9.17, 15) is 0 Å². The third-order valence-corrected chi connectivity index (χ3v) is 8.91. The van der Waals surface area contributed by atoms with Gasteiger partial charge in [0.05, 0.1) is 0 Å². The molecule has 1 aliphatic carbocycles. The van der Waals surface area contributed by atoms with Crippen LogP contribution >= 0.6 is 0 Å². The second kappa shape index (κ2) is 4.30. The first-order valence-corrected chi connectivity index (χ1v) is 11.2. The Labute approximate surface area is 80.2 Å². The van der Waals surface area contributed by atoms with Crippen molar-refractivity contribution >= 4 is 26.3 Å². The third-order valence-electron chi connectivity index (χ3n) is 2.61. The molecule has 64 valence electrons. The first-order valence-electron chi connectivity index (χ1n) is 4.45. The van der Waals surface area contributed by atoms with Crippen LogP contribution in [0.5, 0.6) is 0 Å². The number of nitrogens with zero attached hydrogens (tertiary/aromatic N) is 1. The van der Waals surface area contributed by atoms with Crippen molar-refractivity contribution < 1.29 is 0 Å². The Bertz CT molecular complexity index is 117. The maximum absolute atomic E-state index is 2.78. The zero-order chi connectivity index (χ0) is 7.52. The van der Waals surface area contributed by atoms with E-state index in [0.29, 0.717) is 0 Å². The molecule has 11 heavy (non-hydrogen) atoms. The predicted molar refractivity (Wildman–Crippen MR) is 50.0 cm³/mol. The standard InChI is InChI=1S/C8H15NSe2/c1-2-4-8(5-3-1)9-6-10-11-7-9/h8H,1-7H2. The summed E-state index contributed by atoms with van der Waals surface area (Å²) >= 11 is 2.06. The van der Waals surface area contributed by atoms with Gasteiger partial charge in [0, 0.05) is 0 Å². The molecule has 1 heterocycles. The second-order valence-electron chi connectivity index (χ2n) is 3.37. The molecule has 0 radical (unpaired) electrons. The Hall–Kier alpha value is 0.999. The summed E-state index contributed by atoms with van der Waals surface area (Å²) < 4.78 is 0. The summed E-state index contributed by atoms with van der Waals surface area (Å²) in [6.45, 7) is 0. The van der Waals surface area contributed by atoms with Crippen LogP contribution in [0.15, 0.2) is 0 Å². The molecule has 0 bridgehead atoms. The fourth-order valence-electron chi connectivity index (χ4n) is 1.90. The fourth-order valence-corrected chi connectivity index (χ4v) is 9.22. The topological polar surface area (TPSA) is 3.24 Å². The van der Waals surface area contributed by atoms with E-state index < -0.39 is 0 Å². The molecule has 0 amide bonds. The Morgan fingerprint density at radius 1 is 0.909 bits per heavy atom. The summed E-state index contributed by atoms with van der Waals surface area (Å²) in [4.78, 5) is 2.78. The van der Waals surface area contributed by atoms with Gasteiger partial charge in [-0.1, -0.05) is 0 Å². The average Bonchev–Trinajstić information content (AvgIpc) is 2.58. The van der Waals surface area contributed by atoms with Crippen LogP contribution in [0.25, 0.3) is 0 Å². The van der Waals surface area contributed by atoms with Gasteiger partial charge in [-0.25, -0.2) is 0 Å². The molecule has 2 fully saturated rings. The summed E-state index contributed by atoms with van der Waals surface area (Å²) in [5, 5.41) is 0. The van der Waals surface area contributed by atoms with E-state index >= 15 is 0 Å². The van der Waals surface area contributed by atoms with Crippen molar-refractivity contribution in [1.29, 1.82) is 0 Å². The van der Waals surface area contributed by atoms with E-state index in [1.807, 2.05) is 0 Å². The molecule has 1 saturated heterocycles. The predicted octanol–water partition coefficient (Wildman–Crippen LogP) is 0.873. The molecule has 2 aliphatic rings. The second-order valence-corrected chi connectivity index (χ2v) is 10.6. The molecule has 0 unspecified atom stereocenters.